The van der Waals surface area contributed by atoms with E-state index in [1.165, 1.54) is 0 Å². The summed E-state index contributed by atoms with van der Waals surface area (Å²) in [6.45, 7) is 13.3. The van der Waals surface area contributed by atoms with Crippen LogP contribution in [0, 0.1) is 5.41 Å². The van der Waals surface area contributed by atoms with E-state index in [0.717, 1.165) is 31.4 Å². The molecule has 0 bridgehead atoms. The highest BCUT2D eigenvalue weighted by molar-refractivity contribution is 7.81. The van der Waals surface area contributed by atoms with Crippen molar-refractivity contribution in [3.8, 4) is 0 Å². The third-order valence-corrected chi connectivity index (χ3v) is 5.46. The van der Waals surface area contributed by atoms with Crippen molar-refractivity contribution in [2.75, 3.05) is 5.75 Å². The zero-order chi connectivity index (χ0) is 14.4. The molecule has 0 fully saturated rings. The van der Waals surface area contributed by atoms with Gasteiger partial charge in [-0.3, -0.25) is 0 Å². The smallest absolute Gasteiger partial charge is 0.0745 e. The number of thiol groups is 2. The maximum Gasteiger partial charge on any atom is 0.0745 e. The van der Waals surface area contributed by atoms with Gasteiger partial charge in [-0.25, -0.2) is 0 Å². The van der Waals surface area contributed by atoms with Crippen LogP contribution in [0.5, 0.6) is 0 Å². The molecule has 0 rings (SSSR count). The molecule has 0 saturated heterocycles. The quantitative estimate of drug-likeness (QED) is 0.568. The number of hydrogen-bond donors (Lipinski definition) is 2. The summed E-state index contributed by atoms with van der Waals surface area (Å²) in [5, 5.41) is 0.391. The molecular weight excluding hydrogens is 260 g/mol. The molecular formula is C15H32OS2. The Balaban J connectivity index is 4.53. The molecule has 0 aromatic carbocycles. The summed E-state index contributed by atoms with van der Waals surface area (Å²) >= 11 is 9.08. The minimum Gasteiger partial charge on any atom is -0.371 e. The Morgan fingerprint density at radius 1 is 1.17 bits per heavy atom. The molecule has 0 aliphatic carbocycles. The summed E-state index contributed by atoms with van der Waals surface area (Å²) in [6.07, 6.45) is 4.66. The molecule has 3 heteroatoms. The van der Waals surface area contributed by atoms with Crippen molar-refractivity contribution in [1.29, 1.82) is 0 Å². The van der Waals surface area contributed by atoms with Crippen LogP contribution in [0.2, 0.25) is 0 Å². The normalized spacial score (nSPS) is 22.0. The maximum absolute atomic E-state index is 6.26. The van der Waals surface area contributed by atoms with Crippen molar-refractivity contribution in [1.82, 2.24) is 0 Å². The standard InChI is InChI=1S/C15H32OS2/c1-7-9-15(6,11-17)16-12(3)10-14(5,8-2)13(4)18/h12-13,17-18H,7-11H2,1-6H3. The number of hydrogen-bond acceptors (Lipinski definition) is 3. The van der Waals surface area contributed by atoms with Gasteiger partial charge in [0.1, 0.15) is 0 Å². The van der Waals surface area contributed by atoms with Crippen LogP contribution in [-0.2, 0) is 4.74 Å². The maximum atomic E-state index is 6.26. The third-order valence-electron chi connectivity index (χ3n) is 4.17. The lowest BCUT2D eigenvalue weighted by atomic mass is 9.79. The summed E-state index contributed by atoms with van der Waals surface area (Å²) in [6, 6.07) is 0. The van der Waals surface area contributed by atoms with Gasteiger partial charge >= 0.3 is 0 Å². The van der Waals surface area contributed by atoms with Gasteiger partial charge in [0.25, 0.3) is 0 Å². The first kappa shape index (κ1) is 18.7. The van der Waals surface area contributed by atoms with E-state index in [1.807, 2.05) is 0 Å². The highest BCUT2D eigenvalue weighted by Gasteiger charge is 2.32. The van der Waals surface area contributed by atoms with Gasteiger partial charge in [0.05, 0.1) is 11.7 Å². The molecule has 1 nitrogen and oxygen atoms in total. The minimum atomic E-state index is -0.0915. The average molecular weight is 293 g/mol. The van der Waals surface area contributed by atoms with Gasteiger partial charge in [-0.15, -0.1) is 0 Å². The number of rotatable bonds is 9. The molecule has 4 unspecified atom stereocenters. The summed E-state index contributed by atoms with van der Waals surface area (Å²) in [5.74, 6) is 0.782. The Labute approximate surface area is 125 Å². The third kappa shape index (κ3) is 5.75. The molecule has 4 atom stereocenters. The second-order valence-electron chi connectivity index (χ2n) is 6.17. The lowest BCUT2D eigenvalue weighted by molar-refractivity contribution is -0.0805. The van der Waals surface area contributed by atoms with Crippen molar-refractivity contribution in [3.63, 3.8) is 0 Å². The Kier molecular flexibility index (Phi) is 8.36. The van der Waals surface area contributed by atoms with Crippen LogP contribution in [0.25, 0.3) is 0 Å². The average Bonchev–Trinajstić information content (AvgIpc) is 2.28. The van der Waals surface area contributed by atoms with Gasteiger partial charge in [0, 0.05) is 11.0 Å². The van der Waals surface area contributed by atoms with Gasteiger partial charge in [-0.2, -0.15) is 25.3 Å². The van der Waals surface area contributed by atoms with E-state index in [0.29, 0.717) is 5.25 Å². The zero-order valence-corrected chi connectivity index (χ0v) is 14.8. The van der Waals surface area contributed by atoms with Crippen molar-refractivity contribution >= 4 is 25.3 Å². The van der Waals surface area contributed by atoms with Crippen LogP contribution >= 0.6 is 25.3 Å². The van der Waals surface area contributed by atoms with E-state index < -0.39 is 0 Å². The molecule has 0 aromatic rings. The van der Waals surface area contributed by atoms with Crippen molar-refractivity contribution in [2.24, 2.45) is 5.41 Å². The van der Waals surface area contributed by atoms with Crippen LogP contribution in [-0.4, -0.2) is 22.7 Å². The van der Waals surface area contributed by atoms with Crippen molar-refractivity contribution in [2.45, 2.75) is 84.2 Å². The van der Waals surface area contributed by atoms with Crippen molar-refractivity contribution in [3.05, 3.63) is 0 Å². The summed E-state index contributed by atoms with van der Waals surface area (Å²) in [4.78, 5) is 0. The topological polar surface area (TPSA) is 9.23 Å². The van der Waals surface area contributed by atoms with Gasteiger partial charge in [-0.1, -0.05) is 34.1 Å². The molecule has 0 saturated carbocycles. The Hall–Kier alpha value is 0.660. The molecule has 0 heterocycles. The van der Waals surface area contributed by atoms with E-state index in [-0.39, 0.29) is 17.1 Å². The Morgan fingerprint density at radius 3 is 2.06 bits per heavy atom. The van der Waals surface area contributed by atoms with Crippen LogP contribution < -0.4 is 0 Å². The first-order chi connectivity index (χ1) is 8.23. The van der Waals surface area contributed by atoms with Crippen LogP contribution in [0.3, 0.4) is 0 Å². The monoisotopic (exact) mass is 292 g/mol. The fourth-order valence-electron chi connectivity index (χ4n) is 2.50. The van der Waals surface area contributed by atoms with E-state index in [9.17, 15) is 0 Å². The Morgan fingerprint density at radius 2 is 1.72 bits per heavy atom. The predicted octanol–water partition coefficient (Wildman–Crippen LogP) is 5.00. The summed E-state index contributed by atoms with van der Waals surface area (Å²) in [5.41, 5.74) is 0.151. The first-order valence-corrected chi connectivity index (χ1v) is 8.34. The van der Waals surface area contributed by atoms with Gasteiger partial charge in [0.2, 0.25) is 0 Å². The highest BCUT2D eigenvalue weighted by atomic mass is 32.1. The fraction of sp³-hybridized carbons (Fsp3) is 1.00. The molecule has 0 amide bonds. The molecule has 0 aromatic heterocycles. The predicted molar refractivity (Wildman–Crippen MR) is 89.2 cm³/mol. The largest absolute Gasteiger partial charge is 0.371 e. The van der Waals surface area contributed by atoms with E-state index in [4.69, 9.17) is 4.74 Å². The molecule has 0 radical (unpaired) electrons. The fourth-order valence-corrected chi connectivity index (χ4v) is 3.02. The molecule has 0 aliphatic heterocycles. The van der Waals surface area contributed by atoms with Gasteiger partial charge < -0.3 is 4.74 Å². The second kappa shape index (κ2) is 8.06. The van der Waals surface area contributed by atoms with Gasteiger partial charge in [-0.05, 0) is 38.5 Å². The van der Waals surface area contributed by atoms with E-state index in [1.54, 1.807) is 0 Å². The SMILES string of the molecule is CCCC(C)(CS)OC(C)CC(C)(CC)C(C)S. The first-order valence-electron chi connectivity index (χ1n) is 7.19. The second-order valence-corrected chi connectivity index (χ2v) is 7.26. The van der Waals surface area contributed by atoms with Crippen LogP contribution in [0.1, 0.15) is 67.2 Å². The summed E-state index contributed by atoms with van der Waals surface area (Å²) in [7, 11) is 0. The molecule has 0 spiro atoms. The van der Waals surface area contributed by atoms with E-state index in [2.05, 4.69) is 66.8 Å². The Bertz CT molecular complexity index is 233. The van der Waals surface area contributed by atoms with Crippen LogP contribution in [0.15, 0.2) is 0 Å². The molecule has 18 heavy (non-hydrogen) atoms. The van der Waals surface area contributed by atoms with Gasteiger partial charge in [0.15, 0.2) is 0 Å². The zero-order valence-electron chi connectivity index (χ0n) is 13.0. The minimum absolute atomic E-state index is 0.0915. The lowest BCUT2D eigenvalue weighted by Crippen LogP contribution is -2.38. The van der Waals surface area contributed by atoms with Crippen LogP contribution in [0.4, 0.5) is 0 Å². The molecule has 110 valence electrons. The lowest BCUT2D eigenvalue weighted by Gasteiger charge is -2.38. The summed E-state index contributed by atoms with van der Waals surface area (Å²) < 4.78 is 6.26. The highest BCUT2D eigenvalue weighted by Crippen LogP contribution is 2.36. The van der Waals surface area contributed by atoms with E-state index >= 15 is 0 Å². The molecule has 0 aliphatic rings. The molecule has 0 N–H and O–H groups in total. The van der Waals surface area contributed by atoms with Crippen molar-refractivity contribution < 1.29 is 4.74 Å². The number of ether oxygens (including phenoxy) is 1.